The van der Waals surface area contributed by atoms with Gasteiger partial charge in [0.2, 0.25) is 0 Å². The summed E-state index contributed by atoms with van der Waals surface area (Å²) < 4.78 is 0. The number of anilines is 1. The van der Waals surface area contributed by atoms with Crippen molar-refractivity contribution >= 4 is 17.4 Å². The molecule has 0 aromatic heterocycles. The van der Waals surface area contributed by atoms with Crippen molar-refractivity contribution in [1.82, 2.24) is 5.32 Å². The van der Waals surface area contributed by atoms with Crippen molar-refractivity contribution < 1.29 is 9.59 Å². The maximum absolute atomic E-state index is 12.0. The van der Waals surface area contributed by atoms with Crippen LogP contribution in [0.15, 0.2) is 18.2 Å². The molecule has 0 spiro atoms. The Balaban J connectivity index is 2.19. The minimum Gasteiger partial charge on any atom is -0.313 e. The second-order valence-electron chi connectivity index (χ2n) is 5.10. The molecule has 19 heavy (non-hydrogen) atoms. The minimum absolute atomic E-state index is 0.371. The van der Waals surface area contributed by atoms with E-state index in [1.54, 1.807) is 4.90 Å². The highest BCUT2D eigenvalue weighted by molar-refractivity contribution is 6.52. The second-order valence-corrected chi connectivity index (χ2v) is 5.10. The van der Waals surface area contributed by atoms with Crippen molar-refractivity contribution in [3.05, 3.63) is 29.3 Å². The Labute approximate surface area is 113 Å². The third kappa shape index (κ3) is 2.68. The molecule has 0 radical (unpaired) electrons. The molecule has 0 atom stereocenters. The lowest BCUT2D eigenvalue weighted by atomic mass is 10.1. The van der Waals surface area contributed by atoms with Gasteiger partial charge >= 0.3 is 0 Å². The van der Waals surface area contributed by atoms with Crippen molar-refractivity contribution in [1.29, 1.82) is 0 Å². The van der Waals surface area contributed by atoms with E-state index in [0.29, 0.717) is 24.7 Å². The van der Waals surface area contributed by atoms with Crippen molar-refractivity contribution in [2.24, 2.45) is 0 Å². The first-order valence-electron chi connectivity index (χ1n) is 6.77. The molecule has 102 valence electrons. The van der Waals surface area contributed by atoms with E-state index in [2.05, 4.69) is 19.2 Å². The van der Waals surface area contributed by atoms with Crippen LogP contribution >= 0.6 is 0 Å². The fourth-order valence-corrected chi connectivity index (χ4v) is 2.25. The van der Waals surface area contributed by atoms with E-state index in [1.165, 1.54) is 0 Å². The molecule has 1 aliphatic rings. The number of benzene rings is 1. The molecule has 0 aliphatic carbocycles. The number of Topliss-reactive ketones (excluding diaryl/α,β-unsaturated/α-hetero) is 1. The van der Waals surface area contributed by atoms with Gasteiger partial charge in [-0.25, -0.2) is 0 Å². The van der Waals surface area contributed by atoms with Gasteiger partial charge in [-0.15, -0.1) is 0 Å². The van der Waals surface area contributed by atoms with Crippen LogP contribution in [0.2, 0.25) is 0 Å². The molecule has 0 saturated carbocycles. The van der Waals surface area contributed by atoms with E-state index < -0.39 is 5.91 Å². The second kappa shape index (κ2) is 5.53. The molecular formula is C15H20N2O2. The summed E-state index contributed by atoms with van der Waals surface area (Å²) in [5, 5.41) is 3.26. The van der Waals surface area contributed by atoms with Crippen LogP contribution in [0.25, 0.3) is 0 Å². The highest BCUT2D eigenvalue weighted by Gasteiger charge is 2.35. The van der Waals surface area contributed by atoms with E-state index in [0.717, 1.165) is 17.7 Å². The van der Waals surface area contributed by atoms with E-state index in [9.17, 15) is 9.59 Å². The summed E-state index contributed by atoms with van der Waals surface area (Å²) in [6.45, 7) is 7.36. The molecule has 0 fully saturated rings. The molecule has 0 bridgehead atoms. The lowest BCUT2D eigenvalue weighted by Crippen LogP contribution is -2.37. The summed E-state index contributed by atoms with van der Waals surface area (Å²) in [5.41, 5.74) is 2.38. The summed E-state index contributed by atoms with van der Waals surface area (Å²) in [5.74, 6) is -0.788. The van der Waals surface area contributed by atoms with Gasteiger partial charge in [-0.2, -0.15) is 0 Å². The zero-order valence-corrected chi connectivity index (χ0v) is 11.7. The van der Waals surface area contributed by atoms with Crippen LogP contribution in [-0.2, 0) is 11.2 Å². The number of hydrogen-bond donors (Lipinski definition) is 1. The van der Waals surface area contributed by atoms with E-state index >= 15 is 0 Å². The van der Waals surface area contributed by atoms with Crippen molar-refractivity contribution in [3.63, 3.8) is 0 Å². The topological polar surface area (TPSA) is 49.4 Å². The first-order chi connectivity index (χ1) is 9.04. The SMILES string of the molecule is CCc1ccc2c(c1)C(=O)C(=O)N2CCNC(C)C. The third-order valence-corrected chi connectivity index (χ3v) is 3.33. The van der Waals surface area contributed by atoms with Gasteiger partial charge in [0.25, 0.3) is 11.7 Å². The van der Waals surface area contributed by atoms with E-state index in [-0.39, 0.29) is 5.78 Å². The number of hydrogen-bond acceptors (Lipinski definition) is 3. The standard InChI is InChI=1S/C15H20N2O2/c1-4-11-5-6-13-12(9-11)14(18)15(19)17(13)8-7-16-10(2)3/h5-6,9-10,16H,4,7-8H2,1-3H3. The zero-order chi connectivity index (χ0) is 14.0. The smallest absolute Gasteiger partial charge is 0.299 e. The van der Waals surface area contributed by atoms with Gasteiger partial charge in [0, 0.05) is 19.1 Å². The van der Waals surface area contributed by atoms with Crippen LogP contribution in [0.1, 0.15) is 36.7 Å². The van der Waals surface area contributed by atoms with Gasteiger partial charge in [0.05, 0.1) is 11.3 Å². The highest BCUT2D eigenvalue weighted by atomic mass is 16.2. The number of amides is 1. The minimum atomic E-state index is -0.409. The van der Waals surface area contributed by atoms with Crippen LogP contribution in [-0.4, -0.2) is 30.8 Å². The summed E-state index contributed by atoms with van der Waals surface area (Å²) in [6, 6.07) is 6.07. The van der Waals surface area contributed by atoms with Crippen molar-refractivity contribution in [3.8, 4) is 0 Å². The number of fused-ring (bicyclic) bond motifs is 1. The number of nitrogens with zero attached hydrogens (tertiary/aromatic N) is 1. The van der Waals surface area contributed by atoms with Gasteiger partial charge in [-0.3, -0.25) is 9.59 Å². The maximum atomic E-state index is 12.0. The highest BCUT2D eigenvalue weighted by Crippen LogP contribution is 2.29. The van der Waals surface area contributed by atoms with Gasteiger partial charge in [-0.05, 0) is 24.1 Å². The Morgan fingerprint density at radius 2 is 2.00 bits per heavy atom. The predicted octanol–water partition coefficient (Wildman–Crippen LogP) is 1.78. The number of aryl methyl sites for hydroxylation is 1. The Morgan fingerprint density at radius 1 is 1.26 bits per heavy atom. The molecule has 1 aliphatic heterocycles. The van der Waals surface area contributed by atoms with Gasteiger partial charge in [0.15, 0.2) is 0 Å². The van der Waals surface area contributed by atoms with Gasteiger partial charge < -0.3 is 10.2 Å². The van der Waals surface area contributed by atoms with Crippen molar-refractivity contribution in [2.75, 3.05) is 18.0 Å². The Hall–Kier alpha value is -1.68. The Morgan fingerprint density at radius 3 is 2.63 bits per heavy atom. The van der Waals surface area contributed by atoms with E-state index in [1.807, 2.05) is 25.1 Å². The molecule has 0 unspecified atom stereocenters. The van der Waals surface area contributed by atoms with Gasteiger partial charge in [0.1, 0.15) is 0 Å². The first-order valence-corrected chi connectivity index (χ1v) is 6.77. The van der Waals surface area contributed by atoms with Crippen LogP contribution < -0.4 is 10.2 Å². The lowest BCUT2D eigenvalue weighted by molar-refractivity contribution is -0.114. The monoisotopic (exact) mass is 260 g/mol. The molecule has 1 N–H and O–H groups in total. The van der Waals surface area contributed by atoms with Crippen LogP contribution in [0, 0.1) is 0 Å². The van der Waals surface area contributed by atoms with Gasteiger partial charge in [-0.1, -0.05) is 26.8 Å². The van der Waals surface area contributed by atoms with E-state index in [4.69, 9.17) is 0 Å². The molecule has 0 saturated heterocycles. The molecule has 4 nitrogen and oxygen atoms in total. The van der Waals surface area contributed by atoms with Crippen molar-refractivity contribution in [2.45, 2.75) is 33.2 Å². The average Bonchev–Trinajstić information content (AvgIpc) is 2.63. The van der Waals surface area contributed by atoms with Crippen LogP contribution in [0.5, 0.6) is 0 Å². The molecule has 1 aromatic rings. The number of carbonyl (C=O) groups is 2. The summed E-state index contributed by atoms with van der Waals surface area (Å²) in [7, 11) is 0. The zero-order valence-electron chi connectivity index (χ0n) is 11.7. The first kappa shape index (κ1) is 13.7. The molecule has 1 heterocycles. The third-order valence-electron chi connectivity index (χ3n) is 3.33. The molecule has 1 amide bonds. The number of rotatable bonds is 5. The molecule has 1 aromatic carbocycles. The summed E-state index contributed by atoms with van der Waals surface area (Å²) in [6.07, 6.45) is 0.865. The molecular weight excluding hydrogens is 240 g/mol. The normalized spacial score (nSPS) is 14.4. The average molecular weight is 260 g/mol. The van der Waals surface area contributed by atoms with Crippen LogP contribution in [0.4, 0.5) is 5.69 Å². The quantitative estimate of drug-likeness (QED) is 0.821. The predicted molar refractivity (Wildman–Crippen MR) is 75.6 cm³/mol. The lowest BCUT2D eigenvalue weighted by Gasteiger charge is -2.18. The number of carbonyl (C=O) groups excluding carboxylic acids is 2. The maximum Gasteiger partial charge on any atom is 0.299 e. The molecule has 4 heteroatoms. The Kier molecular flexibility index (Phi) is 4.00. The van der Waals surface area contributed by atoms with Crippen LogP contribution in [0.3, 0.4) is 0 Å². The fraction of sp³-hybridized carbons (Fsp3) is 0.467. The number of nitrogens with one attached hydrogen (secondary N) is 1. The summed E-state index contributed by atoms with van der Waals surface area (Å²) >= 11 is 0. The summed E-state index contributed by atoms with van der Waals surface area (Å²) in [4.78, 5) is 25.5. The largest absolute Gasteiger partial charge is 0.313 e. The Bertz CT molecular complexity index is 509. The molecule has 2 rings (SSSR count). The number of ketones is 1. The fourth-order valence-electron chi connectivity index (χ4n) is 2.25.